The first kappa shape index (κ1) is 24.1. The zero-order valence-electron chi connectivity index (χ0n) is 17.0. The zero-order valence-corrected chi connectivity index (χ0v) is 18.6. The first-order valence-corrected chi connectivity index (χ1v) is 10.9. The molecule has 0 atom stereocenters. The van der Waals surface area contributed by atoms with E-state index in [0.717, 1.165) is 41.3 Å². The van der Waals surface area contributed by atoms with Crippen molar-refractivity contribution in [2.24, 2.45) is 0 Å². The Morgan fingerprint density at radius 3 is 2.62 bits per heavy atom. The van der Waals surface area contributed by atoms with Crippen LogP contribution in [0.5, 0.6) is 0 Å². The second kappa shape index (κ2) is 10.8. The minimum atomic E-state index is -4.54. The number of benzene rings is 2. The Morgan fingerprint density at radius 1 is 1.19 bits per heavy atom. The molecular weight excluding hydrogens is 465 g/mol. The smallest absolute Gasteiger partial charge is 0.383 e. The molecule has 170 valence electrons. The molecule has 1 heterocycles. The molecule has 1 N–H and O–H groups in total. The summed E-state index contributed by atoms with van der Waals surface area (Å²) >= 11 is 7.07. The Balaban J connectivity index is 1.69. The van der Waals surface area contributed by atoms with E-state index in [9.17, 15) is 18.0 Å². The zero-order chi connectivity index (χ0) is 23.1. The molecule has 0 saturated carbocycles. The SMILES string of the molecule is COCCn1c(Cc2ccccc2)nnc1SCC(=O)Nc1cc(C(F)(F)F)ccc1Cl. The van der Waals surface area contributed by atoms with E-state index < -0.39 is 17.6 Å². The van der Waals surface area contributed by atoms with Gasteiger partial charge in [0, 0.05) is 20.1 Å². The van der Waals surface area contributed by atoms with Crippen molar-refractivity contribution in [3.63, 3.8) is 0 Å². The lowest BCUT2D eigenvalue weighted by atomic mass is 10.1. The molecule has 0 radical (unpaired) electrons. The maximum absolute atomic E-state index is 12.9. The summed E-state index contributed by atoms with van der Waals surface area (Å²) in [4.78, 5) is 12.4. The molecule has 0 fully saturated rings. The Bertz CT molecular complexity index is 1060. The predicted molar refractivity (Wildman–Crippen MR) is 117 cm³/mol. The number of hydrogen-bond acceptors (Lipinski definition) is 5. The molecule has 0 spiro atoms. The number of aromatic nitrogens is 3. The van der Waals surface area contributed by atoms with E-state index in [1.54, 1.807) is 7.11 Å². The van der Waals surface area contributed by atoms with Gasteiger partial charge in [0.25, 0.3) is 0 Å². The van der Waals surface area contributed by atoms with Crippen molar-refractivity contribution in [2.45, 2.75) is 24.3 Å². The van der Waals surface area contributed by atoms with Crippen LogP contribution < -0.4 is 5.32 Å². The second-order valence-corrected chi connectivity index (χ2v) is 8.08. The predicted octanol–water partition coefficient (Wildman–Crippen LogP) is 4.92. The fourth-order valence-electron chi connectivity index (χ4n) is 2.86. The molecule has 3 rings (SSSR count). The lowest BCUT2D eigenvalue weighted by Crippen LogP contribution is -2.16. The maximum Gasteiger partial charge on any atom is 0.416 e. The van der Waals surface area contributed by atoms with Gasteiger partial charge in [0.1, 0.15) is 5.82 Å². The van der Waals surface area contributed by atoms with E-state index >= 15 is 0 Å². The van der Waals surface area contributed by atoms with Crippen LogP contribution in [0.1, 0.15) is 17.0 Å². The number of anilines is 1. The Morgan fingerprint density at radius 2 is 1.94 bits per heavy atom. The van der Waals surface area contributed by atoms with Gasteiger partial charge < -0.3 is 14.6 Å². The highest BCUT2D eigenvalue weighted by molar-refractivity contribution is 7.99. The van der Waals surface area contributed by atoms with E-state index in [-0.39, 0.29) is 16.5 Å². The number of halogens is 4. The second-order valence-electron chi connectivity index (χ2n) is 6.73. The number of methoxy groups -OCH3 is 1. The van der Waals surface area contributed by atoms with E-state index in [4.69, 9.17) is 16.3 Å². The van der Waals surface area contributed by atoms with E-state index in [1.807, 2.05) is 34.9 Å². The van der Waals surface area contributed by atoms with Crippen LogP contribution in [-0.2, 0) is 28.7 Å². The van der Waals surface area contributed by atoms with Gasteiger partial charge in [-0.1, -0.05) is 53.7 Å². The first-order valence-electron chi connectivity index (χ1n) is 9.52. The van der Waals surface area contributed by atoms with Crippen molar-refractivity contribution in [3.8, 4) is 0 Å². The monoisotopic (exact) mass is 484 g/mol. The van der Waals surface area contributed by atoms with Crippen molar-refractivity contribution in [1.82, 2.24) is 14.8 Å². The van der Waals surface area contributed by atoms with Crippen LogP contribution in [0.25, 0.3) is 0 Å². The van der Waals surface area contributed by atoms with Gasteiger partial charge in [0.15, 0.2) is 5.16 Å². The molecule has 1 amide bonds. The lowest BCUT2D eigenvalue weighted by molar-refractivity contribution is -0.137. The number of alkyl halides is 3. The van der Waals surface area contributed by atoms with Gasteiger partial charge in [0.2, 0.25) is 5.91 Å². The first-order chi connectivity index (χ1) is 15.3. The van der Waals surface area contributed by atoms with Gasteiger partial charge in [-0.25, -0.2) is 0 Å². The number of nitrogens with zero attached hydrogens (tertiary/aromatic N) is 3. The summed E-state index contributed by atoms with van der Waals surface area (Å²) in [5.41, 5.74) is 0.0690. The molecule has 32 heavy (non-hydrogen) atoms. The average molecular weight is 485 g/mol. The fourth-order valence-corrected chi connectivity index (χ4v) is 3.80. The van der Waals surface area contributed by atoms with Crippen molar-refractivity contribution < 1.29 is 22.7 Å². The van der Waals surface area contributed by atoms with Crippen molar-refractivity contribution in [2.75, 3.05) is 24.8 Å². The number of amides is 1. The lowest BCUT2D eigenvalue weighted by Gasteiger charge is -2.12. The van der Waals surface area contributed by atoms with Crippen LogP contribution in [-0.4, -0.2) is 40.1 Å². The molecule has 3 aromatic rings. The number of thioether (sulfide) groups is 1. The molecule has 0 aliphatic heterocycles. The summed E-state index contributed by atoms with van der Waals surface area (Å²) in [5, 5.41) is 11.4. The molecule has 0 aliphatic rings. The van der Waals surface area contributed by atoms with Crippen molar-refractivity contribution >= 4 is 35.0 Å². The molecular formula is C21H20ClF3N4O2S. The average Bonchev–Trinajstić information content (AvgIpc) is 3.13. The highest BCUT2D eigenvalue weighted by Crippen LogP contribution is 2.34. The van der Waals surface area contributed by atoms with Gasteiger partial charge in [0.05, 0.1) is 28.6 Å². The summed E-state index contributed by atoms with van der Waals surface area (Å²) in [5.74, 6) is 0.127. The molecule has 0 unspecified atom stereocenters. The van der Waals surface area contributed by atoms with Gasteiger partial charge >= 0.3 is 6.18 Å². The topological polar surface area (TPSA) is 69.0 Å². The Labute approximate surface area is 192 Å². The quantitative estimate of drug-likeness (QED) is 0.437. The van der Waals surface area contributed by atoms with Crippen molar-refractivity contribution in [1.29, 1.82) is 0 Å². The van der Waals surface area contributed by atoms with Crippen LogP contribution in [0, 0.1) is 0 Å². The molecule has 1 aromatic heterocycles. The van der Waals surface area contributed by atoms with E-state index in [2.05, 4.69) is 15.5 Å². The van der Waals surface area contributed by atoms with Crippen LogP contribution in [0.4, 0.5) is 18.9 Å². The van der Waals surface area contributed by atoms with Crippen LogP contribution in [0.15, 0.2) is 53.7 Å². The van der Waals surface area contributed by atoms with Gasteiger partial charge in [-0.2, -0.15) is 13.2 Å². The third-order valence-electron chi connectivity index (χ3n) is 4.42. The van der Waals surface area contributed by atoms with Gasteiger partial charge in [-0.3, -0.25) is 4.79 Å². The largest absolute Gasteiger partial charge is 0.416 e. The number of carbonyl (C=O) groups excluding carboxylic acids is 1. The third-order valence-corrected chi connectivity index (χ3v) is 5.71. The molecule has 11 heteroatoms. The number of nitrogens with one attached hydrogen (secondary N) is 1. The minimum Gasteiger partial charge on any atom is -0.383 e. The van der Waals surface area contributed by atoms with E-state index in [1.165, 1.54) is 0 Å². The number of carbonyl (C=O) groups is 1. The molecule has 2 aromatic carbocycles. The number of rotatable bonds is 9. The summed E-state index contributed by atoms with van der Waals surface area (Å²) in [6, 6.07) is 12.5. The van der Waals surface area contributed by atoms with E-state index in [0.29, 0.717) is 24.7 Å². The fraction of sp³-hybridized carbons (Fsp3) is 0.286. The Kier molecular flexibility index (Phi) is 8.16. The van der Waals surface area contributed by atoms with Gasteiger partial charge in [-0.05, 0) is 23.8 Å². The molecule has 0 aliphatic carbocycles. The normalized spacial score (nSPS) is 11.5. The number of ether oxygens (including phenoxy) is 1. The highest BCUT2D eigenvalue weighted by Gasteiger charge is 2.31. The minimum absolute atomic E-state index is 0.0183. The standard InChI is InChI=1S/C21H20ClF3N4O2S/c1-31-10-9-29-18(11-14-5-3-2-4-6-14)27-28-20(29)32-13-19(30)26-17-12-15(21(23,24)25)7-8-16(17)22/h2-8,12H,9-11,13H2,1H3,(H,26,30). The summed E-state index contributed by atoms with van der Waals surface area (Å²) in [6.45, 7) is 0.925. The van der Waals surface area contributed by atoms with Gasteiger partial charge in [-0.15, -0.1) is 10.2 Å². The van der Waals surface area contributed by atoms with Crippen LogP contribution in [0.2, 0.25) is 5.02 Å². The van der Waals surface area contributed by atoms with Crippen LogP contribution >= 0.6 is 23.4 Å². The third kappa shape index (κ3) is 6.47. The molecule has 6 nitrogen and oxygen atoms in total. The molecule has 0 saturated heterocycles. The van der Waals surface area contributed by atoms with Crippen LogP contribution in [0.3, 0.4) is 0 Å². The summed E-state index contributed by atoms with van der Waals surface area (Å²) in [6.07, 6.45) is -3.98. The maximum atomic E-state index is 12.9. The summed E-state index contributed by atoms with van der Waals surface area (Å²) in [7, 11) is 1.58. The highest BCUT2D eigenvalue weighted by atomic mass is 35.5. The number of hydrogen-bond donors (Lipinski definition) is 1. The van der Waals surface area contributed by atoms with Crippen molar-refractivity contribution in [3.05, 3.63) is 70.5 Å². The molecule has 0 bridgehead atoms. The Hall–Kier alpha value is -2.56. The summed E-state index contributed by atoms with van der Waals surface area (Å²) < 4.78 is 45.8.